The highest BCUT2D eigenvalue weighted by Gasteiger charge is 2.34. The predicted molar refractivity (Wildman–Crippen MR) is 97.7 cm³/mol. The minimum absolute atomic E-state index is 0.0171. The fourth-order valence-electron chi connectivity index (χ4n) is 3.80. The predicted octanol–water partition coefficient (Wildman–Crippen LogP) is 2.66. The standard InChI is InChI=1S/C19H28N2O3S/c1-2-5-16-6-8-18(9-7-16)25(23,24)21-14-10-17(11-15-21)19(22)20-12-3-4-13-20/h6-9,17H,2-5,10-15H2,1H3. The van der Waals surface area contributed by atoms with Crippen LogP contribution in [-0.4, -0.2) is 49.7 Å². The average molecular weight is 365 g/mol. The third-order valence-corrected chi connectivity index (χ3v) is 7.23. The lowest BCUT2D eigenvalue weighted by Crippen LogP contribution is -2.43. The summed E-state index contributed by atoms with van der Waals surface area (Å²) in [6.45, 7) is 4.70. The maximum absolute atomic E-state index is 12.8. The molecule has 0 unspecified atom stereocenters. The number of benzene rings is 1. The molecule has 1 aromatic carbocycles. The summed E-state index contributed by atoms with van der Waals surface area (Å²) >= 11 is 0. The zero-order valence-corrected chi connectivity index (χ0v) is 15.8. The molecule has 0 saturated carbocycles. The van der Waals surface area contributed by atoms with Gasteiger partial charge in [0, 0.05) is 32.1 Å². The van der Waals surface area contributed by atoms with E-state index in [2.05, 4.69) is 6.92 Å². The Labute approximate surface area is 151 Å². The lowest BCUT2D eigenvalue weighted by molar-refractivity contribution is -0.135. The number of hydrogen-bond acceptors (Lipinski definition) is 3. The molecule has 0 aromatic heterocycles. The van der Waals surface area contributed by atoms with Crippen LogP contribution in [0.2, 0.25) is 0 Å². The van der Waals surface area contributed by atoms with Gasteiger partial charge in [0.15, 0.2) is 0 Å². The third-order valence-electron chi connectivity index (χ3n) is 5.32. The molecule has 1 amide bonds. The lowest BCUT2D eigenvalue weighted by Gasteiger charge is -2.32. The van der Waals surface area contributed by atoms with E-state index in [4.69, 9.17) is 0 Å². The van der Waals surface area contributed by atoms with E-state index >= 15 is 0 Å². The Morgan fingerprint density at radius 3 is 2.20 bits per heavy atom. The van der Waals surface area contributed by atoms with Gasteiger partial charge in [-0.25, -0.2) is 8.42 Å². The molecule has 2 saturated heterocycles. The molecule has 6 heteroatoms. The monoisotopic (exact) mass is 364 g/mol. The largest absolute Gasteiger partial charge is 0.342 e. The van der Waals surface area contributed by atoms with E-state index in [0.717, 1.165) is 44.3 Å². The van der Waals surface area contributed by atoms with Crippen molar-refractivity contribution in [2.45, 2.75) is 50.3 Å². The molecule has 0 N–H and O–H groups in total. The highest BCUT2D eigenvalue weighted by molar-refractivity contribution is 7.89. The van der Waals surface area contributed by atoms with E-state index in [9.17, 15) is 13.2 Å². The Morgan fingerprint density at radius 1 is 1.04 bits per heavy atom. The molecular weight excluding hydrogens is 336 g/mol. The second-order valence-corrected chi connectivity index (χ2v) is 9.04. The molecule has 2 heterocycles. The van der Waals surface area contributed by atoms with Crippen molar-refractivity contribution in [3.8, 4) is 0 Å². The SMILES string of the molecule is CCCc1ccc(S(=O)(=O)N2CCC(C(=O)N3CCCC3)CC2)cc1. The molecule has 0 bridgehead atoms. The van der Waals surface area contributed by atoms with Crippen LogP contribution in [0.4, 0.5) is 0 Å². The highest BCUT2D eigenvalue weighted by atomic mass is 32.2. The normalized spacial score (nSPS) is 20.1. The van der Waals surface area contributed by atoms with Crippen molar-refractivity contribution in [2.75, 3.05) is 26.2 Å². The summed E-state index contributed by atoms with van der Waals surface area (Å²) in [4.78, 5) is 14.8. The van der Waals surface area contributed by atoms with E-state index in [-0.39, 0.29) is 11.8 Å². The van der Waals surface area contributed by atoms with Crippen molar-refractivity contribution in [2.24, 2.45) is 5.92 Å². The number of carbonyl (C=O) groups is 1. The van der Waals surface area contributed by atoms with E-state index in [1.807, 2.05) is 17.0 Å². The van der Waals surface area contributed by atoms with Gasteiger partial charge in [-0.3, -0.25) is 4.79 Å². The van der Waals surface area contributed by atoms with Crippen LogP contribution in [0.1, 0.15) is 44.6 Å². The third kappa shape index (κ3) is 4.06. The molecule has 3 rings (SSSR count). The van der Waals surface area contributed by atoms with E-state index in [1.165, 1.54) is 4.31 Å². The quantitative estimate of drug-likeness (QED) is 0.807. The van der Waals surface area contributed by atoms with Gasteiger partial charge in [-0.05, 0) is 49.8 Å². The minimum Gasteiger partial charge on any atom is -0.342 e. The molecule has 25 heavy (non-hydrogen) atoms. The molecule has 1 aromatic rings. The van der Waals surface area contributed by atoms with Crippen LogP contribution < -0.4 is 0 Å². The molecule has 0 spiro atoms. The van der Waals surface area contributed by atoms with Gasteiger partial charge < -0.3 is 4.90 Å². The second-order valence-electron chi connectivity index (χ2n) is 7.10. The van der Waals surface area contributed by atoms with Crippen molar-refractivity contribution < 1.29 is 13.2 Å². The van der Waals surface area contributed by atoms with Gasteiger partial charge in [0.2, 0.25) is 15.9 Å². The van der Waals surface area contributed by atoms with Crippen LogP contribution in [0.25, 0.3) is 0 Å². The molecule has 2 aliphatic heterocycles. The summed E-state index contributed by atoms with van der Waals surface area (Å²) in [5.41, 5.74) is 1.16. The summed E-state index contributed by atoms with van der Waals surface area (Å²) in [7, 11) is -3.45. The zero-order chi connectivity index (χ0) is 17.9. The molecule has 138 valence electrons. The van der Waals surface area contributed by atoms with Crippen molar-refractivity contribution in [3.05, 3.63) is 29.8 Å². The lowest BCUT2D eigenvalue weighted by atomic mass is 9.97. The first-order valence-electron chi connectivity index (χ1n) is 9.40. The van der Waals surface area contributed by atoms with E-state index in [0.29, 0.717) is 30.8 Å². The first kappa shape index (κ1) is 18.4. The Kier molecular flexibility index (Phi) is 5.79. The molecule has 2 aliphatic rings. The van der Waals surface area contributed by atoms with Crippen molar-refractivity contribution in [1.82, 2.24) is 9.21 Å². The number of amides is 1. The topological polar surface area (TPSA) is 57.7 Å². The first-order valence-corrected chi connectivity index (χ1v) is 10.8. The number of carbonyl (C=O) groups excluding carboxylic acids is 1. The number of likely N-dealkylation sites (tertiary alicyclic amines) is 1. The molecular formula is C19H28N2O3S. The fraction of sp³-hybridized carbons (Fsp3) is 0.632. The van der Waals surface area contributed by atoms with E-state index in [1.54, 1.807) is 12.1 Å². The summed E-state index contributed by atoms with van der Waals surface area (Å²) in [6.07, 6.45) is 5.44. The molecule has 0 radical (unpaired) electrons. The average Bonchev–Trinajstić information content (AvgIpc) is 3.17. The summed E-state index contributed by atoms with van der Waals surface area (Å²) in [5, 5.41) is 0. The minimum atomic E-state index is -3.45. The number of rotatable bonds is 5. The number of nitrogens with zero attached hydrogens (tertiary/aromatic N) is 2. The van der Waals surface area contributed by atoms with Crippen LogP contribution in [0.3, 0.4) is 0 Å². The van der Waals surface area contributed by atoms with Crippen molar-refractivity contribution >= 4 is 15.9 Å². The first-order chi connectivity index (χ1) is 12.0. The van der Waals surface area contributed by atoms with Crippen LogP contribution in [-0.2, 0) is 21.2 Å². The smallest absolute Gasteiger partial charge is 0.243 e. The summed E-state index contributed by atoms with van der Waals surface area (Å²) in [5.74, 6) is 0.204. The molecule has 2 fully saturated rings. The van der Waals surface area contributed by atoms with E-state index < -0.39 is 10.0 Å². The van der Waals surface area contributed by atoms with Crippen LogP contribution >= 0.6 is 0 Å². The number of piperidine rings is 1. The van der Waals surface area contributed by atoms with Gasteiger partial charge in [-0.15, -0.1) is 0 Å². The summed E-state index contributed by atoms with van der Waals surface area (Å²) in [6, 6.07) is 7.23. The molecule has 0 aliphatic carbocycles. The Hall–Kier alpha value is -1.40. The number of hydrogen-bond donors (Lipinski definition) is 0. The zero-order valence-electron chi connectivity index (χ0n) is 15.0. The Morgan fingerprint density at radius 2 is 1.64 bits per heavy atom. The fourth-order valence-corrected chi connectivity index (χ4v) is 5.27. The highest BCUT2D eigenvalue weighted by Crippen LogP contribution is 2.26. The maximum atomic E-state index is 12.8. The van der Waals surface area contributed by atoms with Crippen molar-refractivity contribution in [1.29, 1.82) is 0 Å². The van der Waals surface area contributed by atoms with Gasteiger partial charge >= 0.3 is 0 Å². The molecule has 5 nitrogen and oxygen atoms in total. The van der Waals surface area contributed by atoms with Gasteiger partial charge in [0.1, 0.15) is 0 Å². The Bertz CT molecular complexity index is 686. The number of sulfonamides is 1. The second kappa shape index (κ2) is 7.87. The van der Waals surface area contributed by atoms with Gasteiger partial charge in [-0.2, -0.15) is 4.31 Å². The van der Waals surface area contributed by atoms with Crippen molar-refractivity contribution in [3.63, 3.8) is 0 Å². The van der Waals surface area contributed by atoms with Crippen LogP contribution in [0, 0.1) is 5.92 Å². The van der Waals surface area contributed by atoms with Gasteiger partial charge in [-0.1, -0.05) is 25.5 Å². The number of aryl methyl sites for hydroxylation is 1. The molecule has 0 atom stereocenters. The summed E-state index contributed by atoms with van der Waals surface area (Å²) < 4.78 is 27.2. The van der Waals surface area contributed by atoms with Gasteiger partial charge in [0.25, 0.3) is 0 Å². The van der Waals surface area contributed by atoms with Crippen LogP contribution in [0.5, 0.6) is 0 Å². The maximum Gasteiger partial charge on any atom is 0.243 e. The van der Waals surface area contributed by atoms with Gasteiger partial charge in [0.05, 0.1) is 4.90 Å². The van der Waals surface area contributed by atoms with Crippen LogP contribution in [0.15, 0.2) is 29.2 Å². The Balaban J connectivity index is 1.61.